The molecule has 0 atom stereocenters. The number of aromatic nitrogens is 2. The lowest BCUT2D eigenvalue weighted by atomic mass is 10.1. The summed E-state index contributed by atoms with van der Waals surface area (Å²) < 4.78 is 7.59. The van der Waals surface area contributed by atoms with E-state index >= 15 is 0 Å². The van der Waals surface area contributed by atoms with Gasteiger partial charge in [0, 0.05) is 18.0 Å². The fraction of sp³-hybridized carbons (Fsp3) is 0.267. The molecule has 0 radical (unpaired) electrons. The Labute approximate surface area is 111 Å². The molecule has 2 aromatic heterocycles. The van der Waals surface area contributed by atoms with Crippen molar-refractivity contribution in [3.8, 4) is 11.5 Å². The van der Waals surface area contributed by atoms with Gasteiger partial charge in [-0.25, -0.2) is 0 Å². The molecule has 0 unspecified atom stereocenters. The fourth-order valence-corrected chi connectivity index (χ4v) is 2.37. The Morgan fingerprint density at radius 3 is 2.84 bits per heavy atom. The lowest BCUT2D eigenvalue weighted by Gasteiger charge is -1.99. The van der Waals surface area contributed by atoms with Crippen LogP contribution >= 0.6 is 0 Å². The Kier molecular flexibility index (Phi) is 2.78. The minimum absolute atomic E-state index is 0.720. The molecule has 0 aliphatic rings. The molecular weight excluding hydrogens is 238 g/mol. The molecule has 0 saturated carbocycles. The van der Waals surface area contributed by atoms with Crippen molar-refractivity contribution in [3.05, 3.63) is 35.9 Å². The number of furan rings is 1. The summed E-state index contributed by atoms with van der Waals surface area (Å²) in [6.45, 7) is 2.13. The molecule has 98 valence electrons. The van der Waals surface area contributed by atoms with Crippen molar-refractivity contribution in [2.75, 3.05) is 5.73 Å². The molecule has 3 aromatic rings. The van der Waals surface area contributed by atoms with Crippen molar-refractivity contribution in [2.24, 2.45) is 7.05 Å². The summed E-state index contributed by atoms with van der Waals surface area (Å²) in [6, 6.07) is 9.99. The van der Waals surface area contributed by atoms with E-state index in [0.717, 1.165) is 46.6 Å². The lowest BCUT2D eigenvalue weighted by Crippen LogP contribution is -1.99. The van der Waals surface area contributed by atoms with Crippen LogP contribution in [0.2, 0.25) is 0 Å². The monoisotopic (exact) mass is 255 g/mol. The first-order chi connectivity index (χ1) is 9.20. The van der Waals surface area contributed by atoms with E-state index in [4.69, 9.17) is 10.2 Å². The highest BCUT2D eigenvalue weighted by molar-refractivity contribution is 5.83. The molecule has 3 rings (SSSR count). The summed E-state index contributed by atoms with van der Waals surface area (Å²) in [5.41, 5.74) is 8.89. The van der Waals surface area contributed by atoms with Crippen LogP contribution in [0.1, 0.15) is 18.9 Å². The van der Waals surface area contributed by atoms with Gasteiger partial charge in [-0.3, -0.25) is 4.68 Å². The average Bonchev–Trinajstić information content (AvgIpc) is 2.95. The number of nitrogens with zero attached hydrogens (tertiary/aromatic N) is 2. The van der Waals surface area contributed by atoms with Gasteiger partial charge < -0.3 is 10.2 Å². The molecule has 2 heterocycles. The maximum atomic E-state index is 6.08. The van der Waals surface area contributed by atoms with E-state index in [1.54, 1.807) is 4.68 Å². The molecule has 0 aliphatic carbocycles. The van der Waals surface area contributed by atoms with Crippen LogP contribution in [-0.4, -0.2) is 9.78 Å². The first-order valence-corrected chi connectivity index (χ1v) is 6.51. The summed E-state index contributed by atoms with van der Waals surface area (Å²) in [5, 5.41) is 5.58. The zero-order valence-corrected chi connectivity index (χ0v) is 11.2. The largest absolute Gasteiger partial charge is 0.454 e. The van der Waals surface area contributed by atoms with E-state index in [-0.39, 0.29) is 0 Å². The summed E-state index contributed by atoms with van der Waals surface area (Å²) in [7, 11) is 1.86. The first kappa shape index (κ1) is 11.8. The minimum atomic E-state index is 0.720. The summed E-state index contributed by atoms with van der Waals surface area (Å²) in [5.74, 6) is 1.51. The molecule has 0 saturated heterocycles. The first-order valence-electron chi connectivity index (χ1n) is 6.51. The number of anilines is 1. The smallest absolute Gasteiger partial charge is 0.156 e. The third-order valence-electron chi connectivity index (χ3n) is 3.35. The van der Waals surface area contributed by atoms with E-state index in [1.807, 2.05) is 37.4 Å². The van der Waals surface area contributed by atoms with Crippen LogP contribution in [0.3, 0.4) is 0 Å². The number of nitrogens with two attached hydrogens (primary N) is 1. The van der Waals surface area contributed by atoms with Crippen LogP contribution in [0.5, 0.6) is 0 Å². The standard InChI is InChI=1S/C15H17N3O/c1-3-6-11-14(17-18(2)15(11)16)13-9-10-7-4-5-8-12(10)19-13/h4-5,7-9H,3,6,16H2,1-2H3. The van der Waals surface area contributed by atoms with Crippen molar-refractivity contribution in [1.29, 1.82) is 0 Å². The van der Waals surface area contributed by atoms with Crippen molar-refractivity contribution in [3.63, 3.8) is 0 Å². The van der Waals surface area contributed by atoms with Crippen LogP contribution in [0.25, 0.3) is 22.4 Å². The molecule has 19 heavy (non-hydrogen) atoms. The summed E-state index contributed by atoms with van der Waals surface area (Å²) in [6.07, 6.45) is 1.94. The van der Waals surface area contributed by atoms with Gasteiger partial charge in [-0.1, -0.05) is 31.5 Å². The van der Waals surface area contributed by atoms with Gasteiger partial charge in [0.15, 0.2) is 5.76 Å². The molecule has 0 fully saturated rings. The molecule has 2 N–H and O–H groups in total. The fourth-order valence-electron chi connectivity index (χ4n) is 2.37. The Hall–Kier alpha value is -2.23. The molecule has 0 bridgehead atoms. The molecule has 1 aromatic carbocycles. The second-order valence-electron chi connectivity index (χ2n) is 4.73. The molecule has 4 nitrogen and oxygen atoms in total. The quantitative estimate of drug-likeness (QED) is 0.780. The summed E-state index contributed by atoms with van der Waals surface area (Å²) >= 11 is 0. The van der Waals surface area contributed by atoms with E-state index < -0.39 is 0 Å². The van der Waals surface area contributed by atoms with Crippen molar-refractivity contribution in [2.45, 2.75) is 19.8 Å². The number of para-hydroxylation sites is 1. The van der Waals surface area contributed by atoms with E-state index in [0.29, 0.717) is 0 Å². The number of aryl methyl sites for hydroxylation is 1. The number of benzene rings is 1. The average molecular weight is 255 g/mol. The molecule has 4 heteroatoms. The van der Waals surface area contributed by atoms with Gasteiger partial charge in [-0.15, -0.1) is 0 Å². The van der Waals surface area contributed by atoms with Gasteiger partial charge in [0.25, 0.3) is 0 Å². The second kappa shape index (κ2) is 4.46. The Bertz CT molecular complexity index is 691. The highest BCUT2D eigenvalue weighted by Gasteiger charge is 2.17. The number of fused-ring (bicyclic) bond motifs is 1. The van der Waals surface area contributed by atoms with Crippen LogP contribution < -0.4 is 5.73 Å². The number of rotatable bonds is 3. The number of hydrogen-bond acceptors (Lipinski definition) is 3. The SMILES string of the molecule is CCCc1c(-c2cc3ccccc3o2)nn(C)c1N. The van der Waals surface area contributed by atoms with Gasteiger partial charge in [-0.2, -0.15) is 5.10 Å². The number of nitrogen functional groups attached to an aromatic ring is 1. The van der Waals surface area contributed by atoms with Crippen LogP contribution in [0.15, 0.2) is 34.7 Å². The van der Waals surface area contributed by atoms with Gasteiger partial charge in [0.05, 0.1) is 0 Å². The topological polar surface area (TPSA) is 57.0 Å². The predicted molar refractivity (Wildman–Crippen MR) is 76.8 cm³/mol. The molecule has 0 amide bonds. The maximum Gasteiger partial charge on any atom is 0.156 e. The van der Waals surface area contributed by atoms with Crippen molar-refractivity contribution < 1.29 is 4.42 Å². The normalized spacial score (nSPS) is 11.3. The van der Waals surface area contributed by atoms with Gasteiger partial charge in [0.1, 0.15) is 17.1 Å². The maximum absolute atomic E-state index is 6.08. The summed E-state index contributed by atoms with van der Waals surface area (Å²) in [4.78, 5) is 0. The zero-order chi connectivity index (χ0) is 13.4. The highest BCUT2D eigenvalue weighted by atomic mass is 16.3. The van der Waals surface area contributed by atoms with Gasteiger partial charge >= 0.3 is 0 Å². The lowest BCUT2D eigenvalue weighted by molar-refractivity contribution is 0.624. The Balaban J connectivity index is 2.17. The van der Waals surface area contributed by atoms with Crippen LogP contribution in [-0.2, 0) is 13.5 Å². The number of hydrogen-bond donors (Lipinski definition) is 1. The Morgan fingerprint density at radius 2 is 2.11 bits per heavy atom. The van der Waals surface area contributed by atoms with E-state index in [1.165, 1.54) is 0 Å². The van der Waals surface area contributed by atoms with Crippen molar-refractivity contribution in [1.82, 2.24) is 9.78 Å². The van der Waals surface area contributed by atoms with Gasteiger partial charge in [0.2, 0.25) is 0 Å². The molecule has 0 spiro atoms. The third kappa shape index (κ3) is 1.89. The second-order valence-corrected chi connectivity index (χ2v) is 4.73. The Morgan fingerprint density at radius 1 is 1.32 bits per heavy atom. The predicted octanol–water partition coefficient (Wildman–Crippen LogP) is 3.37. The van der Waals surface area contributed by atoms with Crippen LogP contribution in [0.4, 0.5) is 5.82 Å². The van der Waals surface area contributed by atoms with Crippen molar-refractivity contribution >= 4 is 16.8 Å². The van der Waals surface area contributed by atoms with Gasteiger partial charge in [-0.05, 0) is 18.6 Å². The van der Waals surface area contributed by atoms with Crippen LogP contribution in [0, 0.1) is 0 Å². The minimum Gasteiger partial charge on any atom is -0.454 e. The third-order valence-corrected chi connectivity index (χ3v) is 3.35. The van der Waals surface area contributed by atoms with E-state index in [2.05, 4.69) is 12.0 Å². The molecule has 0 aliphatic heterocycles. The van der Waals surface area contributed by atoms with E-state index in [9.17, 15) is 0 Å². The highest BCUT2D eigenvalue weighted by Crippen LogP contribution is 2.32. The zero-order valence-electron chi connectivity index (χ0n) is 11.2. The molecular formula is C15H17N3O.